The van der Waals surface area contributed by atoms with E-state index < -0.39 is 0 Å². The fourth-order valence-electron chi connectivity index (χ4n) is 4.50. The zero-order valence-electron chi connectivity index (χ0n) is 12.2. The van der Waals surface area contributed by atoms with Crippen molar-refractivity contribution in [3.8, 4) is 0 Å². The maximum absolute atomic E-state index is 6.88. The van der Waals surface area contributed by atoms with Crippen molar-refractivity contribution in [3.05, 3.63) is 58.7 Å². The van der Waals surface area contributed by atoms with E-state index in [4.69, 9.17) is 5.73 Å². The van der Waals surface area contributed by atoms with Crippen LogP contribution in [0.25, 0.3) is 0 Å². The molecule has 0 aliphatic heterocycles. The molecule has 1 nitrogen and oxygen atoms in total. The summed E-state index contributed by atoms with van der Waals surface area (Å²) >= 11 is 0. The quantitative estimate of drug-likeness (QED) is 0.643. The maximum Gasteiger partial charge on any atom is 0.0670 e. The molecule has 2 N–H and O–H groups in total. The van der Waals surface area contributed by atoms with E-state index in [0.29, 0.717) is 0 Å². The molecule has 0 saturated heterocycles. The maximum atomic E-state index is 6.88. The molecule has 0 unspecified atom stereocenters. The van der Waals surface area contributed by atoms with Gasteiger partial charge < -0.3 is 5.73 Å². The molecule has 2 bridgehead atoms. The molecule has 0 aromatic heterocycles. The van der Waals surface area contributed by atoms with Gasteiger partial charge in [-0.25, -0.2) is 0 Å². The summed E-state index contributed by atoms with van der Waals surface area (Å²) in [5, 5.41) is 0. The Bertz CT molecular complexity index is 585. The van der Waals surface area contributed by atoms with Crippen molar-refractivity contribution >= 4 is 0 Å². The number of allylic oxidation sites excluding steroid dienone is 5. The Labute approximate surface area is 116 Å². The van der Waals surface area contributed by atoms with Crippen LogP contribution in [0.15, 0.2) is 58.7 Å². The number of nitrogens with two attached hydrogens (primary N) is 1. The molecule has 19 heavy (non-hydrogen) atoms. The topological polar surface area (TPSA) is 26.0 Å². The Balaban J connectivity index is 2.24. The van der Waals surface area contributed by atoms with E-state index in [1.54, 1.807) is 0 Å². The lowest BCUT2D eigenvalue weighted by atomic mass is 9.54. The Morgan fingerprint density at radius 2 is 2.05 bits per heavy atom. The van der Waals surface area contributed by atoms with Gasteiger partial charge in [0, 0.05) is 5.41 Å². The first-order chi connectivity index (χ1) is 8.89. The lowest BCUT2D eigenvalue weighted by Crippen LogP contribution is -2.54. The standard InChI is InChI=1S/C18H23N/c1-5-16-17(4)9-13(3)10-18(16,19)15-7-6-12(2)8-14(15)11-17/h5-7,9H,2,8,10-11,19H2,1,3-4H3/b16-5+/t17-,18-/m0/s1. The van der Waals surface area contributed by atoms with E-state index in [1.807, 2.05) is 0 Å². The number of hydrogen-bond donors (Lipinski definition) is 1. The van der Waals surface area contributed by atoms with E-state index in [9.17, 15) is 0 Å². The van der Waals surface area contributed by atoms with Gasteiger partial charge in [-0.2, -0.15) is 0 Å². The molecule has 2 atom stereocenters. The van der Waals surface area contributed by atoms with E-state index >= 15 is 0 Å². The van der Waals surface area contributed by atoms with Crippen LogP contribution < -0.4 is 5.73 Å². The summed E-state index contributed by atoms with van der Waals surface area (Å²) in [6, 6.07) is 0. The van der Waals surface area contributed by atoms with Crippen molar-refractivity contribution in [1.29, 1.82) is 0 Å². The highest BCUT2D eigenvalue weighted by atomic mass is 14.8. The van der Waals surface area contributed by atoms with Crippen LogP contribution in [0.4, 0.5) is 0 Å². The van der Waals surface area contributed by atoms with Gasteiger partial charge in [0.05, 0.1) is 5.54 Å². The van der Waals surface area contributed by atoms with Gasteiger partial charge in [0.1, 0.15) is 0 Å². The van der Waals surface area contributed by atoms with Crippen molar-refractivity contribution < 1.29 is 0 Å². The van der Waals surface area contributed by atoms with Crippen LogP contribution in [0.1, 0.15) is 40.0 Å². The molecule has 0 spiro atoms. The molecule has 0 radical (unpaired) electrons. The smallest absolute Gasteiger partial charge is 0.0670 e. The lowest BCUT2D eigenvalue weighted by molar-refractivity contribution is 0.356. The second-order valence-corrected chi connectivity index (χ2v) is 6.62. The van der Waals surface area contributed by atoms with Gasteiger partial charge >= 0.3 is 0 Å². The summed E-state index contributed by atoms with van der Waals surface area (Å²) in [7, 11) is 0. The van der Waals surface area contributed by atoms with Gasteiger partial charge in [-0.3, -0.25) is 0 Å². The highest BCUT2D eigenvalue weighted by Gasteiger charge is 2.49. The summed E-state index contributed by atoms with van der Waals surface area (Å²) in [4.78, 5) is 0. The number of hydrogen-bond acceptors (Lipinski definition) is 1. The molecule has 3 rings (SSSR count). The monoisotopic (exact) mass is 253 g/mol. The van der Waals surface area contributed by atoms with Crippen LogP contribution >= 0.6 is 0 Å². The van der Waals surface area contributed by atoms with Gasteiger partial charge in [-0.15, -0.1) is 0 Å². The summed E-state index contributed by atoms with van der Waals surface area (Å²) in [5.74, 6) is 0. The van der Waals surface area contributed by atoms with Crippen LogP contribution in [0, 0.1) is 5.41 Å². The normalized spacial score (nSPS) is 39.5. The third-order valence-electron chi connectivity index (χ3n) is 4.88. The van der Waals surface area contributed by atoms with Crippen LogP contribution in [0.2, 0.25) is 0 Å². The van der Waals surface area contributed by atoms with Crippen molar-refractivity contribution in [1.82, 2.24) is 0 Å². The predicted molar refractivity (Wildman–Crippen MR) is 81.7 cm³/mol. The first-order valence-electron chi connectivity index (χ1n) is 7.12. The largest absolute Gasteiger partial charge is 0.318 e. The van der Waals surface area contributed by atoms with E-state index in [2.05, 4.69) is 51.7 Å². The fraction of sp³-hybridized carbons (Fsp3) is 0.444. The Kier molecular flexibility index (Phi) is 2.56. The molecule has 0 amide bonds. The third kappa shape index (κ3) is 1.64. The molecule has 0 heterocycles. The van der Waals surface area contributed by atoms with Crippen LogP contribution in [0.3, 0.4) is 0 Å². The fourth-order valence-corrected chi connectivity index (χ4v) is 4.50. The minimum atomic E-state index is -0.298. The van der Waals surface area contributed by atoms with Gasteiger partial charge in [-0.1, -0.05) is 54.5 Å². The Hall–Kier alpha value is -1.34. The zero-order valence-corrected chi connectivity index (χ0v) is 12.2. The number of rotatable bonds is 0. The molecular weight excluding hydrogens is 230 g/mol. The van der Waals surface area contributed by atoms with Crippen molar-refractivity contribution in [2.75, 3.05) is 0 Å². The second-order valence-electron chi connectivity index (χ2n) is 6.62. The highest BCUT2D eigenvalue weighted by molar-refractivity contribution is 5.59. The molecule has 100 valence electrons. The minimum Gasteiger partial charge on any atom is -0.318 e. The number of fused-ring (bicyclic) bond motifs is 3. The predicted octanol–water partition coefficient (Wildman–Crippen LogP) is 4.20. The second kappa shape index (κ2) is 3.83. The molecule has 1 heteroatoms. The van der Waals surface area contributed by atoms with Crippen LogP contribution in [-0.2, 0) is 0 Å². The molecule has 0 saturated carbocycles. The highest BCUT2D eigenvalue weighted by Crippen LogP contribution is 2.56. The lowest BCUT2D eigenvalue weighted by Gasteiger charge is -2.52. The van der Waals surface area contributed by atoms with Gasteiger partial charge in [0.15, 0.2) is 0 Å². The van der Waals surface area contributed by atoms with Crippen molar-refractivity contribution in [2.24, 2.45) is 11.1 Å². The minimum absolute atomic E-state index is 0.0934. The molecule has 3 aliphatic rings. The molecular formula is C18H23N. The van der Waals surface area contributed by atoms with Gasteiger partial charge in [0.25, 0.3) is 0 Å². The first kappa shape index (κ1) is 12.7. The first-order valence-corrected chi connectivity index (χ1v) is 7.12. The third-order valence-corrected chi connectivity index (χ3v) is 4.88. The molecule has 0 fully saturated rings. The van der Waals surface area contributed by atoms with Gasteiger partial charge in [-0.05, 0) is 44.3 Å². The molecule has 0 aromatic rings. The van der Waals surface area contributed by atoms with Crippen molar-refractivity contribution in [3.63, 3.8) is 0 Å². The van der Waals surface area contributed by atoms with Gasteiger partial charge in [0.2, 0.25) is 0 Å². The van der Waals surface area contributed by atoms with Crippen LogP contribution in [-0.4, -0.2) is 5.54 Å². The summed E-state index contributed by atoms with van der Waals surface area (Å²) < 4.78 is 0. The zero-order chi connectivity index (χ0) is 13.8. The summed E-state index contributed by atoms with van der Waals surface area (Å²) in [6.45, 7) is 10.8. The Morgan fingerprint density at radius 3 is 2.74 bits per heavy atom. The summed E-state index contributed by atoms with van der Waals surface area (Å²) in [6.07, 6.45) is 12.0. The molecule has 3 aliphatic carbocycles. The van der Waals surface area contributed by atoms with Crippen LogP contribution in [0.5, 0.6) is 0 Å². The molecule has 0 aromatic carbocycles. The summed E-state index contributed by atoms with van der Waals surface area (Å²) in [5.41, 5.74) is 13.5. The van der Waals surface area contributed by atoms with E-state index in [-0.39, 0.29) is 11.0 Å². The van der Waals surface area contributed by atoms with Crippen molar-refractivity contribution in [2.45, 2.75) is 45.6 Å². The average Bonchev–Trinajstić information content (AvgIpc) is 2.25. The average molecular weight is 253 g/mol. The van der Waals surface area contributed by atoms with E-state index in [0.717, 1.165) is 19.3 Å². The SMILES string of the molecule is C=C1C=CC2=C(C1)C[C@]1(C)C=C(C)C[C@@]2(N)/C1=C/C. The Morgan fingerprint density at radius 1 is 1.32 bits per heavy atom. The van der Waals surface area contributed by atoms with E-state index in [1.165, 1.54) is 27.9 Å².